The van der Waals surface area contributed by atoms with Crippen molar-refractivity contribution in [1.29, 1.82) is 5.26 Å². The van der Waals surface area contributed by atoms with Gasteiger partial charge in [-0.1, -0.05) is 13.5 Å². The second kappa shape index (κ2) is 5.19. The number of nitrogens with one attached hydrogen (secondary N) is 1. The minimum atomic E-state index is 0.0926. The van der Waals surface area contributed by atoms with E-state index in [1.54, 1.807) is 11.8 Å². The molecule has 56 valence electrons. The number of rotatable bonds is 4. The van der Waals surface area contributed by atoms with Crippen LogP contribution in [-0.4, -0.2) is 11.1 Å². The van der Waals surface area contributed by atoms with E-state index in [2.05, 4.69) is 18.8 Å². The van der Waals surface area contributed by atoms with E-state index in [1.807, 2.05) is 13.1 Å². The van der Waals surface area contributed by atoms with Gasteiger partial charge in [-0.25, -0.2) is 0 Å². The average Bonchev–Trinajstić information content (AvgIpc) is 1.87. The zero-order chi connectivity index (χ0) is 7.98. The molecule has 0 amide bonds. The number of hydrogen-bond acceptors (Lipinski definition) is 3. The van der Waals surface area contributed by atoms with Crippen molar-refractivity contribution in [3.05, 3.63) is 12.2 Å². The summed E-state index contributed by atoms with van der Waals surface area (Å²) in [6.07, 6.45) is 1.90. The highest BCUT2D eigenvalue weighted by atomic mass is 32.2. The third kappa shape index (κ3) is 3.41. The summed E-state index contributed by atoms with van der Waals surface area (Å²) < 4.78 is 0. The van der Waals surface area contributed by atoms with Crippen LogP contribution in [0.4, 0.5) is 0 Å². The molecule has 10 heavy (non-hydrogen) atoms. The summed E-state index contributed by atoms with van der Waals surface area (Å²) in [5.74, 6) is 0.992. The fourth-order valence-electron chi connectivity index (χ4n) is 0.532. The summed E-state index contributed by atoms with van der Waals surface area (Å²) in [4.78, 5) is 0. The molecule has 0 aromatic rings. The molecule has 3 heteroatoms. The smallest absolute Gasteiger partial charge is 0.177 e. The number of thioether (sulfide) groups is 1. The second-order valence-electron chi connectivity index (χ2n) is 1.94. The maximum absolute atomic E-state index is 8.30. The average molecular weight is 156 g/mol. The molecular weight excluding hydrogens is 144 g/mol. The summed E-state index contributed by atoms with van der Waals surface area (Å²) in [5, 5.41) is 11.0. The van der Waals surface area contributed by atoms with Gasteiger partial charge >= 0.3 is 0 Å². The molecule has 0 aliphatic heterocycles. The molecule has 0 saturated heterocycles. The van der Waals surface area contributed by atoms with Crippen molar-refractivity contribution in [2.75, 3.05) is 5.75 Å². The van der Waals surface area contributed by atoms with Crippen molar-refractivity contribution in [2.24, 2.45) is 0 Å². The first-order valence-electron chi connectivity index (χ1n) is 3.14. The standard InChI is InChI=1S/C7H12N2S/c1-4-10-7(6(2)3)9-5-8/h7,9H,2,4H2,1,3H3. The normalized spacial score (nSPS) is 11.7. The van der Waals surface area contributed by atoms with Crippen LogP contribution in [0, 0.1) is 11.5 Å². The Morgan fingerprint density at radius 3 is 2.80 bits per heavy atom. The van der Waals surface area contributed by atoms with Crippen molar-refractivity contribution < 1.29 is 0 Å². The predicted octanol–water partition coefficient (Wildman–Crippen LogP) is 1.71. The van der Waals surface area contributed by atoms with Crippen LogP contribution >= 0.6 is 11.8 Å². The first-order valence-corrected chi connectivity index (χ1v) is 4.18. The molecule has 0 spiro atoms. The van der Waals surface area contributed by atoms with Crippen LogP contribution in [0.15, 0.2) is 12.2 Å². The first-order chi connectivity index (χ1) is 4.72. The molecule has 0 rings (SSSR count). The van der Waals surface area contributed by atoms with E-state index >= 15 is 0 Å². The van der Waals surface area contributed by atoms with Crippen molar-refractivity contribution in [1.82, 2.24) is 5.32 Å². The molecular formula is C7H12N2S. The first kappa shape index (κ1) is 9.38. The molecule has 1 N–H and O–H groups in total. The van der Waals surface area contributed by atoms with Gasteiger partial charge in [0.1, 0.15) is 5.37 Å². The summed E-state index contributed by atoms with van der Waals surface area (Å²) in [5.41, 5.74) is 0.994. The summed E-state index contributed by atoms with van der Waals surface area (Å²) in [6, 6.07) is 0. The number of nitriles is 1. The zero-order valence-corrected chi connectivity index (χ0v) is 7.16. The lowest BCUT2D eigenvalue weighted by atomic mass is 10.3. The fraction of sp³-hybridized carbons (Fsp3) is 0.571. The minimum Gasteiger partial charge on any atom is -0.307 e. The van der Waals surface area contributed by atoms with Crippen LogP contribution in [0.2, 0.25) is 0 Å². The molecule has 0 heterocycles. The fourth-order valence-corrected chi connectivity index (χ4v) is 1.29. The molecule has 1 unspecified atom stereocenters. The van der Waals surface area contributed by atoms with E-state index in [9.17, 15) is 0 Å². The Balaban J connectivity index is 3.75. The monoisotopic (exact) mass is 156 g/mol. The van der Waals surface area contributed by atoms with Crippen LogP contribution in [0.3, 0.4) is 0 Å². The molecule has 0 aliphatic rings. The minimum absolute atomic E-state index is 0.0926. The van der Waals surface area contributed by atoms with Crippen LogP contribution in [0.25, 0.3) is 0 Å². The number of hydrogen-bond donors (Lipinski definition) is 1. The van der Waals surface area contributed by atoms with Gasteiger partial charge in [0.25, 0.3) is 0 Å². The van der Waals surface area contributed by atoms with E-state index in [-0.39, 0.29) is 5.37 Å². The Bertz CT molecular complexity index is 148. The van der Waals surface area contributed by atoms with Gasteiger partial charge < -0.3 is 5.32 Å². The SMILES string of the molecule is C=C(C)C(NC#N)SCC. The Morgan fingerprint density at radius 2 is 2.50 bits per heavy atom. The molecule has 0 aromatic carbocycles. The van der Waals surface area contributed by atoms with Gasteiger partial charge in [-0.05, 0) is 18.2 Å². The van der Waals surface area contributed by atoms with Gasteiger partial charge in [0.15, 0.2) is 6.19 Å². The molecule has 0 bridgehead atoms. The summed E-state index contributed by atoms with van der Waals surface area (Å²) in [6.45, 7) is 7.73. The third-order valence-corrected chi connectivity index (χ3v) is 2.16. The Morgan fingerprint density at radius 1 is 1.90 bits per heavy atom. The lowest BCUT2D eigenvalue weighted by Gasteiger charge is -2.12. The summed E-state index contributed by atoms with van der Waals surface area (Å²) >= 11 is 1.68. The van der Waals surface area contributed by atoms with Gasteiger partial charge in [0.05, 0.1) is 0 Å². The van der Waals surface area contributed by atoms with Gasteiger partial charge in [0, 0.05) is 0 Å². The topological polar surface area (TPSA) is 35.8 Å². The highest BCUT2D eigenvalue weighted by Crippen LogP contribution is 2.13. The molecule has 0 aliphatic carbocycles. The quantitative estimate of drug-likeness (QED) is 0.291. The lowest BCUT2D eigenvalue weighted by Crippen LogP contribution is -2.21. The van der Waals surface area contributed by atoms with Gasteiger partial charge in [0.2, 0.25) is 0 Å². The number of nitrogens with zero attached hydrogens (tertiary/aromatic N) is 1. The highest BCUT2D eigenvalue weighted by Gasteiger charge is 2.05. The van der Waals surface area contributed by atoms with Gasteiger partial charge in [-0.3, -0.25) is 0 Å². The van der Waals surface area contributed by atoms with Crippen LogP contribution < -0.4 is 5.32 Å². The van der Waals surface area contributed by atoms with Gasteiger partial charge in [-0.15, -0.1) is 11.8 Å². The summed E-state index contributed by atoms with van der Waals surface area (Å²) in [7, 11) is 0. The van der Waals surface area contributed by atoms with E-state index in [4.69, 9.17) is 5.26 Å². The largest absolute Gasteiger partial charge is 0.307 e. The Labute approximate surface area is 66.3 Å². The van der Waals surface area contributed by atoms with Crippen molar-refractivity contribution >= 4 is 11.8 Å². The van der Waals surface area contributed by atoms with Gasteiger partial charge in [-0.2, -0.15) is 5.26 Å². The Kier molecular flexibility index (Phi) is 4.87. The van der Waals surface area contributed by atoms with Crippen LogP contribution in [0.5, 0.6) is 0 Å². The van der Waals surface area contributed by atoms with Crippen molar-refractivity contribution in [3.63, 3.8) is 0 Å². The zero-order valence-electron chi connectivity index (χ0n) is 6.35. The second-order valence-corrected chi connectivity index (χ2v) is 3.32. The maximum Gasteiger partial charge on any atom is 0.177 e. The molecule has 2 nitrogen and oxygen atoms in total. The molecule has 0 saturated carbocycles. The third-order valence-electron chi connectivity index (χ3n) is 0.977. The lowest BCUT2D eigenvalue weighted by molar-refractivity contribution is 0.893. The van der Waals surface area contributed by atoms with E-state index in [0.29, 0.717) is 0 Å². The van der Waals surface area contributed by atoms with E-state index in [1.165, 1.54) is 0 Å². The molecule has 0 radical (unpaired) electrons. The highest BCUT2D eigenvalue weighted by molar-refractivity contribution is 8.00. The van der Waals surface area contributed by atoms with Crippen molar-refractivity contribution in [3.8, 4) is 6.19 Å². The molecule has 1 atom stereocenters. The van der Waals surface area contributed by atoms with E-state index in [0.717, 1.165) is 11.3 Å². The van der Waals surface area contributed by atoms with Crippen LogP contribution in [-0.2, 0) is 0 Å². The molecule has 0 aromatic heterocycles. The Hall–Kier alpha value is -0.620. The maximum atomic E-state index is 8.30. The van der Waals surface area contributed by atoms with Crippen LogP contribution in [0.1, 0.15) is 13.8 Å². The van der Waals surface area contributed by atoms with E-state index < -0.39 is 0 Å². The molecule has 0 fully saturated rings. The predicted molar refractivity (Wildman–Crippen MR) is 45.5 cm³/mol. The van der Waals surface area contributed by atoms with Crippen molar-refractivity contribution in [2.45, 2.75) is 19.2 Å².